The summed E-state index contributed by atoms with van der Waals surface area (Å²) >= 11 is 0. The van der Waals surface area contributed by atoms with Gasteiger partial charge in [-0.3, -0.25) is 15.3 Å². The second kappa shape index (κ2) is 7.17. The molecule has 0 aromatic carbocycles. The van der Waals surface area contributed by atoms with Crippen molar-refractivity contribution in [3.8, 4) is 11.4 Å². The molecule has 0 fully saturated rings. The smallest absolute Gasteiger partial charge is 0.413 e. The number of pyridine rings is 1. The number of anilines is 1. The zero-order chi connectivity index (χ0) is 18.7. The fraction of sp³-hybridized carbons (Fsp3) is 0.200. The highest BCUT2D eigenvalue weighted by molar-refractivity contribution is 5.88. The molecule has 0 saturated carbocycles. The molecular weight excluding hydrogens is 348 g/mol. The fourth-order valence-electron chi connectivity index (χ4n) is 2.13. The summed E-state index contributed by atoms with van der Waals surface area (Å²) in [7, 11) is 1.55. The Balaban J connectivity index is 1.77. The Bertz CT molecular complexity index is 933. The van der Waals surface area contributed by atoms with Gasteiger partial charge in [0.2, 0.25) is 5.95 Å². The van der Waals surface area contributed by atoms with Crippen molar-refractivity contribution in [3.63, 3.8) is 0 Å². The minimum atomic E-state index is -1.08. The van der Waals surface area contributed by atoms with Crippen LogP contribution in [0.15, 0.2) is 24.7 Å². The second-order valence-electron chi connectivity index (χ2n) is 5.15. The van der Waals surface area contributed by atoms with E-state index in [-0.39, 0.29) is 17.1 Å². The van der Waals surface area contributed by atoms with Crippen molar-refractivity contribution in [1.29, 1.82) is 0 Å². The van der Waals surface area contributed by atoms with Crippen molar-refractivity contribution in [2.45, 2.75) is 13.0 Å². The normalized spacial score (nSPS) is 11.8. The van der Waals surface area contributed by atoms with Gasteiger partial charge in [-0.15, -0.1) is 5.10 Å². The molecule has 0 spiro atoms. The number of aryl methyl sites for hydroxylation is 1. The predicted octanol–water partition coefficient (Wildman–Crippen LogP) is 2.06. The van der Waals surface area contributed by atoms with Gasteiger partial charge in [0.25, 0.3) is 0 Å². The number of amides is 1. The molecule has 3 aromatic heterocycles. The van der Waals surface area contributed by atoms with E-state index in [0.717, 1.165) is 12.3 Å². The summed E-state index contributed by atoms with van der Waals surface area (Å²) in [5, 5.41) is 10.2. The number of hydrogen-bond donors (Lipinski definition) is 1. The molecule has 0 aliphatic carbocycles. The van der Waals surface area contributed by atoms with E-state index in [1.165, 1.54) is 24.0 Å². The molecule has 3 aromatic rings. The topological polar surface area (TPSA) is 108 Å². The lowest BCUT2D eigenvalue weighted by molar-refractivity contribution is 0.118. The molecule has 3 rings (SSSR count). The van der Waals surface area contributed by atoms with Crippen molar-refractivity contribution in [1.82, 2.24) is 29.9 Å². The lowest BCUT2D eigenvalue weighted by Gasteiger charge is -2.14. The monoisotopic (exact) mass is 360 g/mol. The summed E-state index contributed by atoms with van der Waals surface area (Å²) < 4.78 is 33.3. The zero-order valence-corrected chi connectivity index (χ0v) is 13.6. The Morgan fingerprint density at radius 3 is 2.88 bits per heavy atom. The van der Waals surface area contributed by atoms with E-state index in [9.17, 15) is 13.6 Å². The van der Waals surface area contributed by atoms with Crippen LogP contribution < -0.4 is 5.32 Å². The first-order chi connectivity index (χ1) is 12.5. The Labute approximate surface area is 146 Å². The molecule has 0 bridgehead atoms. The van der Waals surface area contributed by atoms with Gasteiger partial charge in [0.1, 0.15) is 23.8 Å². The van der Waals surface area contributed by atoms with Gasteiger partial charge in [0.15, 0.2) is 11.5 Å². The number of hydrogen-bond acceptors (Lipinski definition) is 7. The summed E-state index contributed by atoms with van der Waals surface area (Å²) in [5.41, 5.74) is 0.436. The van der Waals surface area contributed by atoms with Gasteiger partial charge in [-0.25, -0.2) is 18.9 Å². The van der Waals surface area contributed by atoms with Crippen molar-refractivity contribution in [2.75, 3.05) is 5.32 Å². The van der Waals surface area contributed by atoms with E-state index in [4.69, 9.17) is 4.74 Å². The molecule has 1 N–H and O–H groups in total. The SMILES string of the molecule is C[C@@H](OC(=O)Nc1c(-c2cn[c]cn2)nnn1C)c1cc(F)cnc1F. The molecule has 1 radical (unpaired) electrons. The maximum absolute atomic E-state index is 13.7. The first-order valence-corrected chi connectivity index (χ1v) is 7.32. The van der Waals surface area contributed by atoms with Crippen LogP contribution in [0.25, 0.3) is 11.4 Å². The lowest BCUT2D eigenvalue weighted by Crippen LogP contribution is -2.19. The number of aromatic nitrogens is 6. The summed E-state index contributed by atoms with van der Waals surface area (Å²) in [6, 6.07) is 0.910. The first-order valence-electron chi connectivity index (χ1n) is 7.32. The second-order valence-corrected chi connectivity index (χ2v) is 5.15. The molecule has 0 aliphatic heterocycles. The predicted molar refractivity (Wildman–Crippen MR) is 83.5 cm³/mol. The highest BCUT2D eigenvalue weighted by Crippen LogP contribution is 2.24. The van der Waals surface area contributed by atoms with E-state index in [0.29, 0.717) is 5.69 Å². The van der Waals surface area contributed by atoms with Crippen LogP contribution in [0.5, 0.6) is 0 Å². The van der Waals surface area contributed by atoms with E-state index in [1.807, 2.05) is 0 Å². The van der Waals surface area contributed by atoms with Crippen LogP contribution in [0.3, 0.4) is 0 Å². The van der Waals surface area contributed by atoms with E-state index < -0.39 is 24.0 Å². The molecule has 9 nitrogen and oxygen atoms in total. The van der Waals surface area contributed by atoms with Crippen molar-refractivity contribution < 1.29 is 18.3 Å². The highest BCUT2D eigenvalue weighted by Gasteiger charge is 2.21. The van der Waals surface area contributed by atoms with E-state index >= 15 is 0 Å². The third-order valence-corrected chi connectivity index (χ3v) is 3.37. The summed E-state index contributed by atoms with van der Waals surface area (Å²) in [6.45, 7) is 1.39. The van der Waals surface area contributed by atoms with Crippen LogP contribution in [-0.2, 0) is 11.8 Å². The lowest BCUT2D eigenvalue weighted by atomic mass is 10.2. The summed E-state index contributed by atoms with van der Waals surface area (Å²) in [6.07, 6.45) is 4.01. The average molecular weight is 360 g/mol. The fourth-order valence-corrected chi connectivity index (χ4v) is 2.13. The molecule has 3 heterocycles. The number of nitrogens with zero attached hydrogens (tertiary/aromatic N) is 6. The van der Waals surface area contributed by atoms with Crippen molar-refractivity contribution in [3.05, 3.63) is 48.2 Å². The van der Waals surface area contributed by atoms with Crippen LogP contribution in [0, 0.1) is 18.0 Å². The summed E-state index contributed by atoms with van der Waals surface area (Å²) in [5.74, 6) is -1.47. The molecule has 1 atom stereocenters. The zero-order valence-electron chi connectivity index (χ0n) is 13.6. The largest absolute Gasteiger partial charge is 0.441 e. The molecular formula is C15H12F2N7O2. The minimum absolute atomic E-state index is 0.187. The standard InChI is InChI=1S/C15H12F2N7O2/c1-8(10-5-9(16)6-20-13(10)17)26-15(25)21-14-12(22-23-24(14)2)11-7-18-3-4-19-11/h4-8H,1-2H3,(H,21,25)/t8-/m1/s1. The molecule has 0 aliphatic rings. The van der Waals surface area contributed by atoms with Gasteiger partial charge in [-0.2, -0.15) is 4.39 Å². The Hall–Kier alpha value is -3.50. The molecule has 133 valence electrons. The summed E-state index contributed by atoms with van der Waals surface area (Å²) in [4.78, 5) is 23.2. The van der Waals surface area contributed by atoms with Crippen LogP contribution in [0.2, 0.25) is 0 Å². The highest BCUT2D eigenvalue weighted by atomic mass is 19.1. The van der Waals surface area contributed by atoms with Crippen molar-refractivity contribution in [2.24, 2.45) is 7.05 Å². The Morgan fingerprint density at radius 1 is 1.35 bits per heavy atom. The van der Waals surface area contributed by atoms with Gasteiger partial charge in [0.05, 0.1) is 24.2 Å². The van der Waals surface area contributed by atoms with Gasteiger partial charge in [0, 0.05) is 7.05 Å². The Morgan fingerprint density at radius 2 is 2.15 bits per heavy atom. The van der Waals surface area contributed by atoms with Crippen LogP contribution in [-0.4, -0.2) is 36.0 Å². The van der Waals surface area contributed by atoms with Crippen LogP contribution in [0.4, 0.5) is 19.4 Å². The number of rotatable bonds is 4. The number of ether oxygens (including phenoxy) is 1. The van der Waals surface area contributed by atoms with E-state index in [1.54, 1.807) is 7.05 Å². The van der Waals surface area contributed by atoms with Gasteiger partial charge in [-0.1, -0.05) is 5.21 Å². The van der Waals surface area contributed by atoms with Gasteiger partial charge >= 0.3 is 6.09 Å². The van der Waals surface area contributed by atoms with Gasteiger partial charge < -0.3 is 4.74 Å². The quantitative estimate of drug-likeness (QED) is 0.710. The van der Waals surface area contributed by atoms with Crippen molar-refractivity contribution >= 4 is 11.9 Å². The van der Waals surface area contributed by atoms with Crippen LogP contribution in [0.1, 0.15) is 18.6 Å². The van der Waals surface area contributed by atoms with E-state index in [2.05, 4.69) is 36.8 Å². The number of carbonyl (C=O) groups is 1. The molecule has 26 heavy (non-hydrogen) atoms. The third kappa shape index (κ3) is 3.61. The van der Waals surface area contributed by atoms with Gasteiger partial charge in [-0.05, 0) is 13.0 Å². The third-order valence-electron chi connectivity index (χ3n) is 3.37. The van der Waals surface area contributed by atoms with Crippen LogP contribution >= 0.6 is 0 Å². The maximum atomic E-state index is 13.7. The Kier molecular flexibility index (Phi) is 4.78. The minimum Gasteiger partial charge on any atom is -0.441 e. The number of nitrogens with one attached hydrogen (secondary N) is 1. The average Bonchev–Trinajstić information content (AvgIpc) is 2.98. The number of carbonyl (C=O) groups excluding carboxylic acids is 1. The molecule has 0 unspecified atom stereocenters. The maximum Gasteiger partial charge on any atom is 0.413 e. The number of halogens is 2. The first kappa shape index (κ1) is 17.3. The molecule has 1 amide bonds. The molecule has 11 heteroatoms. The molecule has 0 saturated heterocycles.